The average Bonchev–Trinajstić information content (AvgIpc) is 3.66. The van der Waals surface area contributed by atoms with Gasteiger partial charge in [-0.1, -0.05) is 18.2 Å². The fourth-order valence-electron chi connectivity index (χ4n) is 5.58. The molecule has 7 N–H and O–H groups in total. The number of pyridine rings is 1. The lowest BCUT2D eigenvalue weighted by molar-refractivity contribution is -0.193. The van der Waals surface area contributed by atoms with E-state index < -0.39 is 54.3 Å². The van der Waals surface area contributed by atoms with Crippen molar-refractivity contribution in [3.8, 4) is 5.75 Å². The van der Waals surface area contributed by atoms with Gasteiger partial charge in [-0.3, -0.25) is 24.7 Å². The molecule has 15 nitrogen and oxygen atoms in total. The van der Waals surface area contributed by atoms with Gasteiger partial charge < -0.3 is 30.7 Å². The van der Waals surface area contributed by atoms with Crippen LogP contribution in [0.15, 0.2) is 54.6 Å². The number of carboxylic acids is 3. The van der Waals surface area contributed by atoms with Gasteiger partial charge in [-0.25, -0.2) is 19.9 Å². The van der Waals surface area contributed by atoms with Crippen LogP contribution in [-0.2, 0) is 25.8 Å². The molecule has 3 aromatic rings. The number of aryl methyl sites for hydroxylation is 1. The molecule has 0 saturated carbocycles. The van der Waals surface area contributed by atoms with Gasteiger partial charge in [0.05, 0.1) is 17.5 Å². The first-order valence-electron chi connectivity index (χ1n) is 17.0. The van der Waals surface area contributed by atoms with Gasteiger partial charge in [0.15, 0.2) is 0 Å². The molecule has 2 saturated heterocycles. The molecule has 1 aromatic heterocycles. The number of rotatable bonds is 8. The van der Waals surface area contributed by atoms with Crippen molar-refractivity contribution in [2.24, 2.45) is 5.92 Å². The van der Waals surface area contributed by atoms with Gasteiger partial charge in [0.1, 0.15) is 12.4 Å². The average molecular weight is 860 g/mol. The molecule has 326 valence electrons. The van der Waals surface area contributed by atoms with Gasteiger partial charge in [-0.05, 0) is 75.7 Å². The topological polar surface area (TPSA) is 228 Å². The van der Waals surface area contributed by atoms with E-state index in [1.165, 1.54) is 6.42 Å². The number of hydrogen-bond donors (Lipinski definition) is 7. The molecule has 3 heterocycles. The van der Waals surface area contributed by atoms with E-state index in [2.05, 4.69) is 20.5 Å². The summed E-state index contributed by atoms with van der Waals surface area (Å²) in [5.74, 6) is -8.82. The third-order valence-corrected chi connectivity index (χ3v) is 8.27. The third-order valence-electron chi connectivity index (χ3n) is 8.27. The number of alkyl halides is 9. The third kappa shape index (κ3) is 16.9. The summed E-state index contributed by atoms with van der Waals surface area (Å²) in [6.07, 6.45) is -12.4. The lowest BCUT2D eigenvalue weighted by atomic mass is 9.90. The Hall–Kier alpha value is -5.75. The number of nitrogens with one attached hydrogen (secondary N) is 3. The van der Waals surface area contributed by atoms with Crippen molar-refractivity contribution in [3.05, 3.63) is 71.4 Å². The van der Waals surface area contributed by atoms with Gasteiger partial charge in [-0.15, -0.1) is 0 Å². The summed E-state index contributed by atoms with van der Waals surface area (Å²) in [5.41, 5.74) is 5.18. The SMILES string of the molecule is Cc1cc(COc2ccc(C(=O)N[C@@H]3CN(C[C@H]4CCCN4)CC[C@@H]3C(=O)NO)cc2)c2ccccc2n1.O=C(O)C(F)(F)F.O=C(O)C(F)(F)F.O=C(O)C(F)(F)F. The largest absolute Gasteiger partial charge is 0.490 e. The van der Waals surface area contributed by atoms with Crippen molar-refractivity contribution in [2.75, 3.05) is 26.2 Å². The molecule has 2 aliphatic rings. The minimum atomic E-state index is -5.08. The number of fused-ring (bicyclic) bond motifs is 1. The number of hydroxylamine groups is 1. The highest BCUT2D eigenvalue weighted by Crippen LogP contribution is 2.23. The summed E-state index contributed by atoms with van der Waals surface area (Å²) in [6, 6.07) is 17.1. The molecule has 24 heteroatoms. The number of ether oxygens (including phenoxy) is 1. The van der Waals surface area contributed by atoms with E-state index in [1.807, 2.05) is 37.3 Å². The normalized spacial score (nSPS) is 18.1. The fraction of sp³-hybridized carbons (Fsp3) is 0.429. The zero-order valence-electron chi connectivity index (χ0n) is 30.6. The molecule has 59 heavy (non-hydrogen) atoms. The second-order valence-corrected chi connectivity index (χ2v) is 12.7. The van der Waals surface area contributed by atoms with Crippen molar-refractivity contribution in [1.82, 2.24) is 26.0 Å². The van der Waals surface area contributed by atoms with E-state index >= 15 is 0 Å². The summed E-state index contributed by atoms with van der Waals surface area (Å²) >= 11 is 0. The molecular formula is C35H38F9N5O10. The number of amides is 2. The number of likely N-dealkylation sites (tertiary alicyclic amines) is 1. The van der Waals surface area contributed by atoms with Gasteiger partial charge in [-0.2, -0.15) is 39.5 Å². The van der Waals surface area contributed by atoms with E-state index in [4.69, 9.17) is 34.4 Å². The van der Waals surface area contributed by atoms with E-state index in [-0.39, 0.29) is 5.91 Å². The quantitative estimate of drug-likeness (QED) is 0.0928. The van der Waals surface area contributed by atoms with Crippen molar-refractivity contribution in [1.29, 1.82) is 0 Å². The highest BCUT2D eigenvalue weighted by atomic mass is 19.4. The Labute approximate surface area is 328 Å². The van der Waals surface area contributed by atoms with Crippen LogP contribution in [0.25, 0.3) is 10.9 Å². The Balaban J connectivity index is 0.000000469. The van der Waals surface area contributed by atoms with E-state index in [1.54, 1.807) is 29.7 Å². The second-order valence-electron chi connectivity index (χ2n) is 12.7. The standard InChI is InChI=1S/C29H35N5O4.3C2HF3O2/c1-19-15-21(24-6-2-3-7-26(24)31-19)18-38-23-10-8-20(9-11-23)28(35)32-27-17-34(16-22-5-4-13-30-22)14-12-25(27)29(36)33-37;3*3-2(4,5)1(6)7/h2-3,6-11,15,22,25,27,30,37H,4-5,12-14,16-18H2,1H3,(H,32,35)(H,33,36);3*(H,6,7)/t22-,25+,27-;;;/m1.../s1. The highest BCUT2D eigenvalue weighted by Gasteiger charge is 2.40. The maximum Gasteiger partial charge on any atom is 0.490 e. The molecule has 0 bridgehead atoms. The van der Waals surface area contributed by atoms with E-state index in [0.29, 0.717) is 36.9 Å². The number of aliphatic carboxylic acids is 3. The highest BCUT2D eigenvalue weighted by molar-refractivity contribution is 5.95. The van der Waals surface area contributed by atoms with Crippen molar-refractivity contribution < 1.29 is 88.8 Å². The predicted octanol–water partition coefficient (Wildman–Crippen LogP) is 4.70. The first kappa shape index (κ1) is 49.4. The molecule has 0 radical (unpaired) electrons. The van der Waals surface area contributed by atoms with Crippen LogP contribution in [0.1, 0.15) is 40.9 Å². The first-order valence-corrected chi connectivity index (χ1v) is 17.0. The zero-order valence-corrected chi connectivity index (χ0v) is 30.6. The van der Waals surface area contributed by atoms with Gasteiger partial charge in [0.2, 0.25) is 5.91 Å². The van der Waals surface area contributed by atoms with E-state index in [9.17, 15) is 54.3 Å². The summed E-state index contributed by atoms with van der Waals surface area (Å²) in [6.45, 7) is 5.59. The Morgan fingerprint density at radius 2 is 1.39 bits per heavy atom. The molecule has 2 aliphatic heterocycles. The van der Waals surface area contributed by atoms with Crippen LogP contribution >= 0.6 is 0 Å². The van der Waals surface area contributed by atoms with Crippen LogP contribution in [0.4, 0.5) is 39.5 Å². The molecule has 0 unspecified atom stereocenters. The van der Waals surface area contributed by atoms with Crippen molar-refractivity contribution >= 4 is 40.6 Å². The van der Waals surface area contributed by atoms with Crippen molar-refractivity contribution in [2.45, 2.75) is 63.4 Å². The Kier molecular flexibility index (Phi) is 18.3. The molecule has 2 amide bonds. The summed E-state index contributed by atoms with van der Waals surface area (Å²) in [7, 11) is 0. The first-order chi connectivity index (χ1) is 27.3. The Morgan fingerprint density at radius 1 is 0.847 bits per heavy atom. The monoisotopic (exact) mass is 859 g/mol. The fourth-order valence-corrected chi connectivity index (χ4v) is 5.58. The lowest BCUT2D eigenvalue weighted by Crippen LogP contribution is -2.57. The van der Waals surface area contributed by atoms with Crippen LogP contribution < -0.4 is 20.9 Å². The molecule has 2 fully saturated rings. The summed E-state index contributed by atoms with van der Waals surface area (Å²) in [5, 5.41) is 38.2. The van der Waals surface area contributed by atoms with Crippen LogP contribution in [-0.4, -0.2) is 117 Å². The summed E-state index contributed by atoms with van der Waals surface area (Å²) < 4.78 is 101. The number of para-hydroxylation sites is 1. The van der Waals surface area contributed by atoms with Gasteiger partial charge in [0, 0.05) is 41.3 Å². The minimum absolute atomic E-state index is 0.256. The lowest BCUT2D eigenvalue weighted by Gasteiger charge is -2.38. The number of carbonyl (C=O) groups is 5. The number of benzene rings is 2. The Bertz CT molecular complexity index is 1830. The maximum atomic E-state index is 13.1. The molecule has 0 aliphatic carbocycles. The van der Waals surface area contributed by atoms with Crippen molar-refractivity contribution in [3.63, 3.8) is 0 Å². The van der Waals surface area contributed by atoms with Gasteiger partial charge >= 0.3 is 36.4 Å². The number of aromatic nitrogens is 1. The summed E-state index contributed by atoms with van der Waals surface area (Å²) in [4.78, 5) is 59.0. The number of hydrogen-bond acceptors (Lipinski definition) is 10. The number of halogens is 9. The number of carboxylic acid groups (broad SMARTS) is 3. The molecule has 5 rings (SSSR count). The second kappa shape index (κ2) is 21.9. The number of piperidine rings is 1. The molecule has 0 spiro atoms. The zero-order chi connectivity index (χ0) is 44.7. The smallest absolute Gasteiger partial charge is 0.489 e. The molecule has 2 aromatic carbocycles. The molecular weight excluding hydrogens is 821 g/mol. The van der Waals surface area contributed by atoms with Crippen LogP contribution in [0.5, 0.6) is 5.75 Å². The minimum Gasteiger partial charge on any atom is -0.489 e. The van der Waals surface area contributed by atoms with Crippen LogP contribution in [0.2, 0.25) is 0 Å². The van der Waals surface area contributed by atoms with E-state index in [0.717, 1.165) is 48.2 Å². The van der Waals surface area contributed by atoms with Gasteiger partial charge in [0.25, 0.3) is 5.91 Å². The predicted molar refractivity (Wildman–Crippen MR) is 185 cm³/mol. The number of carbonyl (C=O) groups excluding carboxylic acids is 2. The maximum absolute atomic E-state index is 13.1. The number of nitrogens with zero attached hydrogens (tertiary/aromatic N) is 2. The molecule has 3 atom stereocenters. The van der Waals surface area contributed by atoms with Crippen LogP contribution in [0.3, 0.4) is 0 Å². The van der Waals surface area contributed by atoms with Crippen LogP contribution in [0, 0.1) is 12.8 Å². The Morgan fingerprint density at radius 3 is 1.88 bits per heavy atom.